The van der Waals surface area contributed by atoms with Crippen molar-refractivity contribution in [2.45, 2.75) is 26.2 Å². The molecule has 0 fully saturated rings. The van der Waals surface area contributed by atoms with Crippen molar-refractivity contribution in [2.75, 3.05) is 0 Å². The Morgan fingerprint density at radius 1 is 1.64 bits per heavy atom. The van der Waals surface area contributed by atoms with Gasteiger partial charge in [-0.15, -0.1) is 11.3 Å². The van der Waals surface area contributed by atoms with Gasteiger partial charge in [-0.25, -0.2) is 0 Å². The number of Topliss-reactive ketones (excluding diaryl/α,β-unsaturated/α-hetero) is 1. The summed E-state index contributed by atoms with van der Waals surface area (Å²) in [4.78, 5) is 12.2. The van der Waals surface area contributed by atoms with Crippen molar-refractivity contribution < 1.29 is 4.79 Å². The fourth-order valence-electron chi connectivity index (χ4n) is 0.898. The lowest BCUT2D eigenvalue weighted by atomic mass is 10.2. The van der Waals surface area contributed by atoms with Crippen LogP contribution in [0, 0.1) is 0 Å². The van der Waals surface area contributed by atoms with Crippen molar-refractivity contribution in [3.8, 4) is 0 Å². The van der Waals surface area contributed by atoms with Gasteiger partial charge in [0, 0.05) is 6.42 Å². The Kier molecular flexibility index (Phi) is 3.30. The zero-order valence-electron chi connectivity index (χ0n) is 6.67. The summed E-state index contributed by atoms with van der Waals surface area (Å²) in [6, 6.07) is 3.81. The molecule has 0 aliphatic heterocycles. The summed E-state index contributed by atoms with van der Waals surface area (Å²) in [6.07, 6.45) is 2.81. The van der Waals surface area contributed by atoms with Crippen molar-refractivity contribution in [1.29, 1.82) is 0 Å². The average molecular weight is 168 g/mol. The molecule has 0 aliphatic carbocycles. The number of hydrogen-bond acceptors (Lipinski definition) is 2. The quantitative estimate of drug-likeness (QED) is 0.631. The summed E-state index contributed by atoms with van der Waals surface area (Å²) in [5.41, 5.74) is 0. The molecule has 0 unspecified atom stereocenters. The molecular weight excluding hydrogens is 156 g/mol. The molecule has 0 spiro atoms. The minimum Gasteiger partial charge on any atom is -0.293 e. The van der Waals surface area contributed by atoms with E-state index in [0.29, 0.717) is 12.2 Å². The van der Waals surface area contributed by atoms with Crippen LogP contribution in [0.15, 0.2) is 17.5 Å². The molecule has 0 saturated heterocycles. The Morgan fingerprint density at radius 3 is 3.00 bits per heavy atom. The van der Waals surface area contributed by atoms with E-state index in [1.165, 1.54) is 11.3 Å². The van der Waals surface area contributed by atoms with Crippen LogP contribution in [0.1, 0.15) is 35.9 Å². The SMILES string of the molecule is CCCCC(=O)c1cccs1. The zero-order chi connectivity index (χ0) is 8.10. The maximum atomic E-state index is 11.3. The van der Waals surface area contributed by atoms with E-state index in [2.05, 4.69) is 6.92 Å². The average Bonchev–Trinajstić information content (AvgIpc) is 2.52. The highest BCUT2D eigenvalue weighted by Gasteiger charge is 2.04. The highest BCUT2D eigenvalue weighted by Crippen LogP contribution is 2.12. The molecule has 2 heteroatoms. The summed E-state index contributed by atoms with van der Waals surface area (Å²) in [6.45, 7) is 2.10. The van der Waals surface area contributed by atoms with E-state index in [4.69, 9.17) is 0 Å². The van der Waals surface area contributed by atoms with Crippen LogP contribution >= 0.6 is 11.3 Å². The number of hydrogen-bond donors (Lipinski definition) is 0. The van der Waals surface area contributed by atoms with Gasteiger partial charge in [0.1, 0.15) is 0 Å². The molecular formula is C9H12OS. The van der Waals surface area contributed by atoms with Crippen molar-refractivity contribution in [3.05, 3.63) is 22.4 Å². The number of unbranched alkanes of at least 4 members (excludes halogenated alkanes) is 1. The first-order valence-electron chi connectivity index (χ1n) is 3.91. The first kappa shape index (κ1) is 8.47. The monoisotopic (exact) mass is 168 g/mol. The van der Waals surface area contributed by atoms with E-state index in [-0.39, 0.29) is 0 Å². The molecule has 0 aromatic carbocycles. The Hall–Kier alpha value is -0.630. The van der Waals surface area contributed by atoms with Gasteiger partial charge in [0.2, 0.25) is 0 Å². The standard InChI is InChI=1S/C9H12OS/c1-2-3-5-8(10)9-6-4-7-11-9/h4,6-7H,2-3,5H2,1H3. The lowest BCUT2D eigenvalue weighted by Gasteiger charge is -1.93. The molecule has 0 bridgehead atoms. The molecule has 0 radical (unpaired) electrons. The van der Waals surface area contributed by atoms with E-state index >= 15 is 0 Å². The largest absolute Gasteiger partial charge is 0.293 e. The molecule has 11 heavy (non-hydrogen) atoms. The van der Waals surface area contributed by atoms with E-state index in [0.717, 1.165) is 17.7 Å². The van der Waals surface area contributed by atoms with Crippen LogP contribution in [0.2, 0.25) is 0 Å². The third-order valence-electron chi connectivity index (χ3n) is 1.55. The van der Waals surface area contributed by atoms with E-state index < -0.39 is 0 Å². The van der Waals surface area contributed by atoms with Crippen LogP contribution in [-0.4, -0.2) is 5.78 Å². The summed E-state index contributed by atoms with van der Waals surface area (Å²) in [5.74, 6) is 0.293. The van der Waals surface area contributed by atoms with Gasteiger partial charge in [-0.2, -0.15) is 0 Å². The summed E-state index contributed by atoms with van der Waals surface area (Å²) in [5, 5.41) is 1.94. The first-order valence-corrected chi connectivity index (χ1v) is 4.79. The van der Waals surface area contributed by atoms with Gasteiger partial charge in [0.25, 0.3) is 0 Å². The molecule has 1 aromatic rings. The van der Waals surface area contributed by atoms with Gasteiger partial charge in [-0.1, -0.05) is 19.4 Å². The van der Waals surface area contributed by atoms with Crippen molar-refractivity contribution in [3.63, 3.8) is 0 Å². The molecule has 0 N–H and O–H groups in total. The first-order chi connectivity index (χ1) is 5.34. The Balaban J connectivity index is 2.43. The van der Waals surface area contributed by atoms with Crippen LogP contribution in [0.5, 0.6) is 0 Å². The van der Waals surface area contributed by atoms with E-state index in [1.807, 2.05) is 17.5 Å². The molecule has 0 atom stereocenters. The van der Waals surface area contributed by atoms with Gasteiger partial charge >= 0.3 is 0 Å². The van der Waals surface area contributed by atoms with E-state index in [1.54, 1.807) is 0 Å². The second-order valence-electron chi connectivity index (χ2n) is 2.50. The normalized spacial score (nSPS) is 9.91. The van der Waals surface area contributed by atoms with Gasteiger partial charge in [-0.3, -0.25) is 4.79 Å². The molecule has 0 saturated carbocycles. The lowest BCUT2D eigenvalue weighted by Crippen LogP contribution is -1.94. The Bertz CT molecular complexity index is 213. The predicted molar refractivity (Wildman–Crippen MR) is 48.2 cm³/mol. The lowest BCUT2D eigenvalue weighted by molar-refractivity contribution is 0.0983. The molecule has 1 rings (SSSR count). The molecule has 0 aliphatic rings. The van der Waals surface area contributed by atoms with Crippen LogP contribution in [0.4, 0.5) is 0 Å². The summed E-state index contributed by atoms with van der Waals surface area (Å²) in [7, 11) is 0. The maximum absolute atomic E-state index is 11.3. The zero-order valence-corrected chi connectivity index (χ0v) is 7.49. The molecule has 0 amide bonds. The molecule has 1 nitrogen and oxygen atoms in total. The predicted octanol–water partition coefficient (Wildman–Crippen LogP) is 3.12. The molecule has 60 valence electrons. The number of carbonyl (C=O) groups excluding carboxylic acids is 1. The van der Waals surface area contributed by atoms with E-state index in [9.17, 15) is 4.79 Å². The van der Waals surface area contributed by atoms with Crippen LogP contribution in [-0.2, 0) is 0 Å². The minimum absolute atomic E-state index is 0.293. The highest BCUT2D eigenvalue weighted by atomic mass is 32.1. The maximum Gasteiger partial charge on any atom is 0.172 e. The fourth-order valence-corrected chi connectivity index (χ4v) is 1.59. The van der Waals surface area contributed by atoms with Crippen molar-refractivity contribution in [2.24, 2.45) is 0 Å². The second-order valence-corrected chi connectivity index (χ2v) is 3.45. The summed E-state index contributed by atoms with van der Waals surface area (Å²) < 4.78 is 0. The van der Waals surface area contributed by atoms with Crippen molar-refractivity contribution in [1.82, 2.24) is 0 Å². The number of thiophene rings is 1. The smallest absolute Gasteiger partial charge is 0.172 e. The third kappa shape index (κ3) is 2.46. The topological polar surface area (TPSA) is 17.1 Å². The minimum atomic E-state index is 0.293. The van der Waals surface area contributed by atoms with Gasteiger partial charge in [0.15, 0.2) is 5.78 Å². The highest BCUT2D eigenvalue weighted by molar-refractivity contribution is 7.12. The number of carbonyl (C=O) groups is 1. The van der Waals surface area contributed by atoms with Crippen LogP contribution in [0.3, 0.4) is 0 Å². The third-order valence-corrected chi connectivity index (χ3v) is 2.46. The second kappa shape index (κ2) is 4.29. The van der Waals surface area contributed by atoms with Gasteiger partial charge in [-0.05, 0) is 17.9 Å². The molecule has 1 heterocycles. The van der Waals surface area contributed by atoms with Crippen LogP contribution in [0.25, 0.3) is 0 Å². The van der Waals surface area contributed by atoms with Gasteiger partial charge in [0.05, 0.1) is 4.88 Å². The molecule has 1 aromatic heterocycles. The number of ketones is 1. The van der Waals surface area contributed by atoms with Crippen LogP contribution < -0.4 is 0 Å². The van der Waals surface area contributed by atoms with Gasteiger partial charge < -0.3 is 0 Å². The Labute approximate surface area is 71.1 Å². The van der Waals surface area contributed by atoms with Crippen molar-refractivity contribution >= 4 is 17.1 Å². The number of rotatable bonds is 4. The fraction of sp³-hybridized carbons (Fsp3) is 0.444. The Morgan fingerprint density at radius 2 is 2.45 bits per heavy atom. The summed E-state index contributed by atoms with van der Waals surface area (Å²) >= 11 is 1.53.